The number of carbonyl (C=O) groups excluding carboxylic acids is 1. The number of hydrogen-bond acceptors (Lipinski definition) is 10. The van der Waals surface area contributed by atoms with E-state index < -0.39 is 80.9 Å². The minimum Gasteiger partial charge on any atom is -0.472 e. The van der Waals surface area contributed by atoms with Crippen LogP contribution in [0.15, 0.2) is 6.07 Å². The Morgan fingerprint density at radius 3 is 2.56 bits per heavy atom. The van der Waals surface area contributed by atoms with Crippen molar-refractivity contribution in [1.82, 2.24) is 24.8 Å². The van der Waals surface area contributed by atoms with Crippen molar-refractivity contribution < 1.29 is 45.3 Å². The number of carbonyl (C=O) groups is 1. The Hall–Kier alpha value is -4.12. The number of amides is 1. The van der Waals surface area contributed by atoms with Crippen LogP contribution in [0.5, 0.6) is 11.9 Å². The molecule has 4 aliphatic rings. The van der Waals surface area contributed by atoms with E-state index in [2.05, 4.69) is 20.2 Å². The molecular formula is C35H41F6N7O4. The van der Waals surface area contributed by atoms with Gasteiger partial charge in [-0.25, -0.2) is 22.9 Å². The summed E-state index contributed by atoms with van der Waals surface area (Å²) in [4.78, 5) is 32.1. The molecule has 0 aliphatic carbocycles. The van der Waals surface area contributed by atoms with Crippen LogP contribution in [0, 0.1) is 18.6 Å². The molecule has 0 unspecified atom stereocenters. The summed E-state index contributed by atoms with van der Waals surface area (Å²) >= 11 is 0. The number of benzene rings is 1. The van der Waals surface area contributed by atoms with Gasteiger partial charge in [-0.3, -0.25) is 10.2 Å². The molecule has 11 nitrogen and oxygen atoms in total. The fourth-order valence-corrected chi connectivity index (χ4v) is 8.01. The number of hydrogen-bond donors (Lipinski definition) is 1. The summed E-state index contributed by atoms with van der Waals surface area (Å²) in [6.45, 7) is 9.96. The van der Waals surface area contributed by atoms with Crippen molar-refractivity contribution in [3.8, 4) is 23.1 Å². The van der Waals surface area contributed by atoms with Gasteiger partial charge in [-0.2, -0.15) is 23.1 Å². The highest BCUT2D eigenvalue weighted by atomic mass is 19.4. The maximum atomic E-state index is 17.1. The number of alkyl halides is 4. The number of nitrogens with zero attached hydrogens (tertiary/aromatic N) is 6. The molecule has 0 bridgehead atoms. The molecule has 17 heteroatoms. The number of pyridine rings is 1. The molecular weight excluding hydrogens is 696 g/mol. The standard InChI is InChI=1S/C35H41F6N7O4/c1-17-24(35(39,40)41)20(12-21(25(17)37)42-32(49)52-33(3,4)5)27-26(38)28-23-29(48-11-10-46(6)15-22(48)18(2)51-30(23)43-27)45-31(44-28)50-16-34-8-7-9-47(34)14-19(36)13-34/h12,18-19,22H,7-11,13-16H2,1-6H3,(H,42,49)/t18-,19+,22-,34-/m0/s1. The van der Waals surface area contributed by atoms with Crippen LogP contribution >= 0.6 is 0 Å². The number of ether oxygens (including phenoxy) is 3. The minimum absolute atomic E-state index is 0.0267. The van der Waals surface area contributed by atoms with Gasteiger partial charge in [-0.05, 0) is 72.7 Å². The fourth-order valence-electron chi connectivity index (χ4n) is 8.01. The summed E-state index contributed by atoms with van der Waals surface area (Å²) in [5, 5.41) is 2.20. The van der Waals surface area contributed by atoms with E-state index in [-0.39, 0.29) is 48.7 Å². The van der Waals surface area contributed by atoms with Crippen LogP contribution in [0.4, 0.5) is 42.6 Å². The van der Waals surface area contributed by atoms with Gasteiger partial charge < -0.3 is 24.0 Å². The lowest BCUT2D eigenvalue weighted by molar-refractivity contribution is -0.137. The SMILES string of the molecule is Cc1c(F)c(NC(=O)OC(C)(C)C)cc(-c2nc3c4c(nc(OC[C@@]56CCCN5C[C@H](F)C6)nc4c2F)N2CCN(C)C[C@H]2[C@H](C)O3)c1C(F)(F)F. The smallest absolute Gasteiger partial charge is 0.417 e. The Kier molecular flexibility index (Phi) is 8.91. The van der Waals surface area contributed by atoms with Gasteiger partial charge in [0.05, 0.1) is 22.8 Å². The van der Waals surface area contributed by atoms with E-state index in [1.165, 1.54) is 0 Å². The van der Waals surface area contributed by atoms with Gasteiger partial charge in [0.15, 0.2) is 5.82 Å². The first kappa shape index (κ1) is 36.2. The number of nitrogens with one attached hydrogen (secondary N) is 1. The normalized spacial score (nSPS) is 25.1. The first-order chi connectivity index (χ1) is 24.3. The topological polar surface area (TPSA) is 105 Å². The van der Waals surface area contributed by atoms with Crippen LogP contribution in [0.1, 0.15) is 58.1 Å². The van der Waals surface area contributed by atoms with Crippen LogP contribution in [0.25, 0.3) is 22.2 Å². The summed E-state index contributed by atoms with van der Waals surface area (Å²) in [5.41, 5.74) is -6.76. The molecule has 52 heavy (non-hydrogen) atoms. The largest absolute Gasteiger partial charge is 0.472 e. The molecule has 7 rings (SSSR count). The molecule has 3 fully saturated rings. The van der Waals surface area contributed by atoms with Crippen molar-refractivity contribution in [2.24, 2.45) is 0 Å². The number of anilines is 2. The van der Waals surface area contributed by atoms with Crippen molar-refractivity contribution in [1.29, 1.82) is 0 Å². The zero-order chi connectivity index (χ0) is 37.5. The van der Waals surface area contributed by atoms with Gasteiger partial charge in [0.2, 0.25) is 5.88 Å². The van der Waals surface area contributed by atoms with Gasteiger partial charge in [-0.15, -0.1) is 0 Å². The average molecular weight is 738 g/mol. The third-order valence-corrected chi connectivity index (χ3v) is 10.3. The number of halogens is 6. The Labute approximate surface area is 296 Å². The van der Waals surface area contributed by atoms with Crippen molar-refractivity contribution in [2.75, 3.05) is 56.6 Å². The first-order valence-electron chi connectivity index (χ1n) is 17.3. The molecule has 6 heterocycles. The second-order valence-corrected chi connectivity index (χ2v) is 15.3. The second kappa shape index (κ2) is 12.8. The van der Waals surface area contributed by atoms with E-state index >= 15 is 8.78 Å². The molecule has 1 amide bonds. The average Bonchev–Trinajstić information content (AvgIpc) is 3.53. The summed E-state index contributed by atoms with van der Waals surface area (Å²) in [6.07, 6.45) is -6.12. The van der Waals surface area contributed by atoms with E-state index in [1.54, 1.807) is 27.7 Å². The molecule has 0 radical (unpaired) electrons. The highest BCUT2D eigenvalue weighted by molar-refractivity contribution is 5.98. The monoisotopic (exact) mass is 737 g/mol. The molecule has 4 atom stereocenters. The fraction of sp³-hybridized carbons (Fsp3) is 0.600. The van der Waals surface area contributed by atoms with Gasteiger partial charge in [0, 0.05) is 38.2 Å². The Morgan fingerprint density at radius 1 is 1.10 bits per heavy atom. The highest BCUT2D eigenvalue weighted by Crippen LogP contribution is 2.47. The zero-order valence-corrected chi connectivity index (χ0v) is 29.8. The molecule has 1 N–H and O–H groups in total. The summed E-state index contributed by atoms with van der Waals surface area (Å²) < 4.78 is 109. The Morgan fingerprint density at radius 2 is 1.85 bits per heavy atom. The molecule has 282 valence electrons. The van der Waals surface area contributed by atoms with E-state index in [9.17, 15) is 22.4 Å². The lowest BCUT2D eigenvalue weighted by Crippen LogP contribution is -2.57. The molecule has 0 saturated carbocycles. The highest BCUT2D eigenvalue weighted by Gasteiger charge is 2.50. The van der Waals surface area contributed by atoms with Crippen LogP contribution in [0.2, 0.25) is 0 Å². The number of aromatic nitrogens is 3. The summed E-state index contributed by atoms with van der Waals surface area (Å²) in [7, 11) is 1.94. The number of fused-ring (bicyclic) bond motifs is 3. The maximum absolute atomic E-state index is 17.1. The number of piperazine rings is 1. The van der Waals surface area contributed by atoms with Gasteiger partial charge in [0.25, 0.3) is 0 Å². The second-order valence-electron chi connectivity index (χ2n) is 15.3. The van der Waals surface area contributed by atoms with Crippen LogP contribution in [0.3, 0.4) is 0 Å². The molecule has 1 aromatic carbocycles. The Balaban J connectivity index is 1.42. The van der Waals surface area contributed by atoms with Crippen molar-refractivity contribution >= 4 is 28.5 Å². The lowest BCUT2D eigenvalue weighted by Gasteiger charge is -2.41. The first-order valence-corrected chi connectivity index (χ1v) is 17.3. The van der Waals surface area contributed by atoms with Gasteiger partial charge >= 0.3 is 18.3 Å². The predicted octanol–water partition coefficient (Wildman–Crippen LogP) is 6.50. The van der Waals surface area contributed by atoms with E-state index in [0.717, 1.165) is 13.3 Å². The van der Waals surface area contributed by atoms with E-state index in [0.29, 0.717) is 38.7 Å². The van der Waals surface area contributed by atoms with E-state index in [1.807, 2.05) is 16.8 Å². The third-order valence-electron chi connectivity index (χ3n) is 10.3. The quantitative estimate of drug-likeness (QED) is 0.292. The van der Waals surface area contributed by atoms with Gasteiger partial charge in [0.1, 0.15) is 52.7 Å². The molecule has 4 aliphatic heterocycles. The number of likely N-dealkylation sites (N-methyl/N-ethyl adjacent to an activating group) is 1. The van der Waals surface area contributed by atoms with Crippen LogP contribution < -0.4 is 19.7 Å². The molecule has 3 aromatic rings. The summed E-state index contributed by atoms with van der Waals surface area (Å²) in [6, 6.07) is 0.122. The van der Waals surface area contributed by atoms with Crippen molar-refractivity contribution in [2.45, 2.75) is 89.5 Å². The maximum Gasteiger partial charge on any atom is 0.417 e. The van der Waals surface area contributed by atoms with Crippen LogP contribution in [-0.4, -0.2) is 107 Å². The van der Waals surface area contributed by atoms with E-state index in [4.69, 9.17) is 19.2 Å². The molecule has 0 spiro atoms. The summed E-state index contributed by atoms with van der Waals surface area (Å²) in [5.74, 6) is -2.62. The number of rotatable bonds is 5. The van der Waals surface area contributed by atoms with Crippen LogP contribution in [-0.2, 0) is 10.9 Å². The van der Waals surface area contributed by atoms with Gasteiger partial charge in [-0.1, -0.05) is 0 Å². The molecule has 2 aromatic heterocycles. The molecule has 3 saturated heterocycles. The lowest BCUT2D eigenvalue weighted by atomic mass is 9.95. The van der Waals surface area contributed by atoms with Crippen molar-refractivity contribution in [3.05, 3.63) is 28.8 Å². The van der Waals surface area contributed by atoms with Crippen molar-refractivity contribution in [3.63, 3.8) is 0 Å². The minimum atomic E-state index is -5.17. The Bertz CT molecular complexity index is 1920. The third kappa shape index (κ3) is 6.43. The zero-order valence-electron chi connectivity index (χ0n) is 29.8. The predicted molar refractivity (Wildman–Crippen MR) is 180 cm³/mol.